The summed E-state index contributed by atoms with van der Waals surface area (Å²) in [6.45, 7) is 7.99. The minimum Gasteiger partial charge on any atom is -0.481 e. The molecule has 0 aromatic carbocycles. The number of carbonyl (C=O) groups is 2. The first-order chi connectivity index (χ1) is 7.43. The van der Waals surface area contributed by atoms with Crippen LogP contribution in [0, 0.1) is 0 Å². The van der Waals surface area contributed by atoms with E-state index in [1.165, 1.54) is 13.8 Å². The van der Waals surface area contributed by atoms with Crippen LogP contribution in [0.1, 0.15) is 34.6 Å². The number of rotatable bonds is 4. The van der Waals surface area contributed by atoms with Crippen LogP contribution in [0.2, 0.25) is 5.54 Å². The summed E-state index contributed by atoms with van der Waals surface area (Å²) in [6, 6.07) is 0. The van der Waals surface area contributed by atoms with Crippen LogP contribution in [0.3, 0.4) is 0 Å². The standard InChI is InChI=1S/C10H21NO5Si/c1-9(2,3)16-8(14)11-17-6(7(12)13)10(4,5)15/h6,15H,17H2,1-5H3,(H,11,14)(H,12,13)/t6-/m1/s1. The zero-order chi connectivity index (χ0) is 13.9. The lowest BCUT2D eigenvalue weighted by Crippen LogP contribution is -2.44. The maximum absolute atomic E-state index is 11.3. The molecule has 7 heteroatoms. The quantitative estimate of drug-likeness (QED) is 0.631. The van der Waals surface area contributed by atoms with Crippen molar-refractivity contribution in [2.45, 2.75) is 51.4 Å². The number of carbonyl (C=O) groups excluding carboxylic acids is 1. The number of carboxylic acids is 1. The summed E-state index contributed by atoms with van der Waals surface area (Å²) in [5.74, 6) is -1.11. The maximum atomic E-state index is 11.3. The highest BCUT2D eigenvalue weighted by Crippen LogP contribution is 2.20. The van der Waals surface area contributed by atoms with E-state index in [-0.39, 0.29) is 0 Å². The first kappa shape index (κ1) is 15.9. The maximum Gasteiger partial charge on any atom is 0.399 e. The first-order valence-electron chi connectivity index (χ1n) is 5.35. The van der Waals surface area contributed by atoms with Crippen LogP contribution in [0.15, 0.2) is 0 Å². The molecule has 1 atom stereocenters. The van der Waals surface area contributed by atoms with Crippen molar-refractivity contribution < 1.29 is 24.5 Å². The van der Waals surface area contributed by atoms with Gasteiger partial charge in [0.05, 0.1) is 11.1 Å². The minimum absolute atomic E-state index is 0.619. The predicted molar refractivity (Wildman–Crippen MR) is 65.6 cm³/mol. The molecule has 0 aliphatic heterocycles. The largest absolute Gasteiger partial charge is 0.481 e. The highest BCUT2D eigenvalue weighted by molar-refractivity contribution is 6.44. The summed E-state index contributed by atoms with van der Waals surface area (Å²) in [4.78, 5) is 24.7. The van der Waals surface area contributed by atoms with Gasteiger partial charge in [0.2, 0.25) is 0 Å². The van der Waals surface area contributed by atoms with Crippen LogP contribution in [0.5, 0.6) is 0 Å². The second-order valence-corrected chi connectivity index (χ2v) is 7.01. The molecule has 17 heavy (non-hydrogen) atoms. The van der Waals surface area contributed by atoms with Crippen LogP contribution < -0.4 is 4.98 Å². The van der Waals surface area contributed by atoms with Crippen LogP contribution >= 0.6 is 0 Å². The van der Waals surface area contributed by atoms with Crippen LogP contribution in [0.4, 0.5) is 4.79 Å². The molecule has 0 unspecified atom stereocenters. The SMILES string of the molecule is CC(C)(C)OC(=O)N[SiH2][C@H](C(=O)O)C(C)(C)O. The number of aliphatic hydroxyl groups is 1. The summed E-state index contributed by atoms with van der Waals surface area (Å²) in [6.07, 6.45) is -0.639. The predicted octanol–water partition coefficient (Wildman–Crippen LogP) is 0.239. The Balaban J connectivity index is 4.34. The first-order valence-corrected chi connectivity index (χ1v) is 6.88. The second kappa shape index (κ2) is 5.50. The molecule has 0 aromatic heterocycles. The Morgan fingerprint density at radius 1 is 1.24 bits per heavy atom. The Bertz CT molecular complexity index is 292. The van der Waals surface area contributed by atoms with Gasteiger partial charge in [-0.25, -0.2) is 4.79 Å². The van der Waals surface area contributed by atoms with Gasteiger partial charge in [-0.3, -0.25) is 4.79 Å². The van der Waals surface area contributed by atoms with E-state index in [4.69, 9.17) is 9.84 Å². The van der Waals surface area contributed by atoms with Gasteiger partial charge < -0.3 is 19.9 Å². The van der Waals surface area contributed by atoms with E-state index in [9.17, 15) is 14.7 Å². The van der Waals surface area contributed by atoms with Crippen molar-refractivity contribution in [1.82, 2.24) is 4.98 Å². The van der Waals surface area contributed by atoms with Crippen molar-refractivity contribution in [2.75, 3.05) is 0 Å². The van der Waals surface area contributed by atoms with Gasteiger partial charge in [0.15, 0.2) is 0 Å². The Kier molecular flexibility index (Phi) is 5.15. The van der Waals surface area contributed by atoms with E-state index in [1.54, 1.807) is 20.8 Å². The average Bonchev–Trinajstić information content (AvgIpc) is 1.96. The molecule has 0 aliphatic carbocycles. The van der Waals surface area contributed by atoms with Crippen molar-refractivity contribution in [3.05, 3.63) is 0 Å². The fourth-order valence-electron chi connectivity index (χ4n) is 1.14. The lowest BCUT2D eigenvalue weighted by Gasteiger charge is -2.26. The Hall–Kier alpha value is -1.08. The Morgan fingerprint density at radius 3 is 2.00 bits per heavy atom. The Labute approximate surface area is 103 Å². The van der Waals surface area contributed by atoms with Crippen LogP contribution in [-0.4, -0.2) is 43.2 Å². The monoisotopic (exact) mass is 263 g/mol. The number of aliphatic carboxylic acids is 1. The van der Waals surface area contributed by atoms with E-state index in [0.29, 0.717) is 0 Å². The van der Waals surface area contributed by atoms with E-state index >= 15 is 0 Å². The third-order valence-electron chi connectivity index (χ3n) is 2.00. The molecular formula is C10H21NO5Si. The third-order valence-corrected chi connectivity index (χ3v) is 4.25. The number of carboxylic acid groups (broad SMARTS) is 1. The number of hydrogen-bond donors (Lipinski definition) is 3. The van der Waals surface area contributed by atoms with Crippen LogP contribution in [0.25, 0.3) is 0 Å². The molecule has 0 saturated carbocycles. The number of ether oxygens (including phenoxy) is 1. The van der Waals surface area contributed by atoms with Gasteiger partial charge in [-0.2, -0.15) is 0 Å². The van der Waals surface area contributed by atoms with Crippen molar-refractivity contribution in [3.8, 4) is 0 Å². The summed E-state index contributed by atoms with van der Waals surface area (Å²) < 4.78 is 4.99. The summed E-state index contributed by atoms with van der Waals surface area (Å²) >= 11 is 0. The molecule has 0 fully saturated rings. The molecule has 0 saturated heterocycles. The van der Waals surface area contributed by atoms with Crippen LogP contribution in [-0.2, 0) is 9.53 Å². The topological polar surface area (TPSA) is 95.9 Å². The fourth-order valence-corrected chi connectivity index (χ4v) is 2.26. The van der Waals surface area contributed by atoms with E-state index in [2.05, 4.69) is 4.98 Å². The summed E-state index contributed by atoms with van der Waals surface area (Å²) in [5.41, 5.74) is -2.92. The number of hydrogen-bond acceptors (Lipinski definition) is 4. The van der Waals surface area contributed by atoms with Gasteiger partial charge in [0, 0.05) is 0 Å². The van der Waals surface area contributed by atoms with Crippen molar-refractivity contribution in [3.63, 3.8) is 0 Å². The highest BCUT2D eigenvalue weighted by atomic mass is 28.2. The number of nitrogens with one attached hydrogen (secondary N) is 1. The zero-order valence-electron chi connectivity index (χ0n) is 10.9. The molecule has 0 radical (unpaired) electrons. The molecule has 6 nitrogen and oxygen atoms in total. The van der Waals surface area contributed by atoms with Crippen molar-refractivity contribution in [2.24, 2.45) is 0 Å². The molecule has 0 aromatic rings. The number of amides is 1. The molecule has 100 valence electrons. The molecule has 1 amide bonds. The lowest BCUT2D eigenvalue weighted by molar-refractivity contribution is -0.141. The summed E-state index contributed by atoms with van der Waals surface area (Å²) in [5, 5.41) is 18.6. The molecule has 0 rings (SSSR count). The van der Waals surface area contributed by atoms with Gasteiger partial charge in [0.25, 0.3) is 0 Å². The molecule has 0 bridgehead atoms. The van der Waals surface area contributed by atoms with Gasteiger partial charge >= 0.3 is 12.1 Å². The molecule has 0 spiro atoms. The van der Waals surface area contributed by atoms with Gasteiger partial charge in [0.1, 0.15) is 15.3 Å². The van der Waals surface area contributed by atoms with Crippen molar-refractivity contribution in [1.29, 1.82) is 0 Å². The van der Waals surface area contributed by atoms with E-state index < -0.39 is 38.5 Å². The average molecular weight is 263 g/mol. The van der Waals surface area contributed by atoms with Gasteiger partial charge in [-0.1, -0.05) is 0 Å². The molecule has 0 heterocycles. The molecular weight excluding hydrogens is 242 g/mol. The van der Waals surface area contributed by atoms with E-state index in [1.807, 2.05) is 0 Å². The Morgan fingerprint density at radius 2 is 1.71 bits per heavy atom. The highest BCUT2D eigenvalue weighted by Gasteiger charge is 2.34. The summed E-state index contributed by atoms with van der Waals surface area (Å²) in [7, 11) is -1.52. The minimum atomic E-state index is -1.52. The van der Waals surface area contributed by atoms with Gasteiger partial charge in [-0.15, -0.1) is 0 Å². The third kappa shape index (κ3) is 6.95. The second-order valence-electron chi connectivity index (χ2n) is 5.43. The van der Waals surface area contributed by atoms with Gasteiger partial charge in [-0.05, 0) is 34.6 Å². The smallest absolute Gasteiger partial charge is 0.399 e. The normalized spacial score (nSPS) is 14.7. The molecule has 3 N–H and O–H groups in total. The lowest BCUT2D eigenvalue weighted by atomic mass is 10.1. The molecule has 0 aliphatic rings. The van der Waals surface area contributed by atoms with E-state index in [0.717, 1.165) is 0 Å². The fraction of sp³-hybridized carbons (Fsp3) is 0.800. The zero-order valence-corrected chi connectivity index (χ0v) is 12.3. The van der Waals surface area contributed by atoms with Crippen molar-refractivity contribution >= 4 is 21.7 Å².